The van der Waals surface area contributed by atoms with Gasteiger partial charge >= 0.3 is 18.0 Å². The second-order valence-corrected chi connectivity index (χ2v) is 7.11. The first kappa shape index (κ1) is 18.9. The topological polar surface area (TPSA) is 104 Å². The molecule has 0 aliphatic heterocycles. The zero-order valence-corrected chi connectivity index (χ0v) is 14.7. The first-order valence-corrected chi connectivity index (χ1v) is 7.44. The molecule has 0 fully saturated rings. The van der Waals surface area contributed by atoms with Crippen molar-refractivity contribution in [2.75, 3.05) is 6.61 Å². The Balaban J connectivity index is 2.96. The molecule has 1 amide bonds. The largest absolute Gasteiger partial charge is 0.459 e. The number of ether oxygens (including phenoxy) is 2. The summed E-state index contributed by atoms with van der Waals surface area (Å²) in [6.45, 7) is 12.9. The fraction of sp³-hybridized carbons (Fsp3) is 0.733. The van der Waals surface area contributed by atoms with Crippen LogP contribution in [0.15, 0.2) is 4.42 Å². The molecule has 1 rings (SSSR count). The van der Waals surface area contributed by atoms with Gasteiger partial charge in [-0.25, -0.2) is 9.59 Å². The monoisotopic (exact) mass is 327 g/mol. The van der Waals surface area contributed by atoms with E-state index in [1.165, 1.54) is 0 Å². The first-order valence-electron chi connectivity index (χ1n) is 7.44. The third-order valence-corrected chi connectivity index (χ3v) is 2.66. The van der Waals surface area contributed by atoms with Crippen LogP contribution in [-0.2, 0) is 9.47 Å². The van der Waals surface area contributed by atoms with Crippen molar-refractivity contribution in [3.63, 3.8) is 0 Å². The van der Waals surface area contributed by atoms with Gasteiger partial charge in [-0.2, -0.15) is 0 Å². The molecule has 0 bridgehead atoms. The summed E-state index contributed by atoms with van der Waals surface area (Å²) in [7, 11) is 0. The summed E-state index contributed by atoms with van der Waals surface area (Å²) in [5, 5.41) is 10.2. The Morgan fingerprint density at radius 1 is 1.17 bits per heavy atom. The van der Waals surface area contributed by atoms with Crippen molar-refractivity contribution >= 4 is 12.1 Å². The van der Waals surface area contributed by atoms with Gasteiger partial charge in [-0.1, -0.05) is 20.8 Å². The molecule has 0 saturated carbocycles. The number of carbonyl (C=O) groups is 2. The van der Waals surface area contributed by atoms with E-state index in [1.54, 1.807) is 27.7 Å². The highest BCUT2D eigenvalue weighted by Gasteiger charge is 2.34. The van der Waals surface area contributed by atoms with Crippen LogP contribution in [-0.4, -0.2) is 34.5 Å². The van der Waals surface area contributed by atoms with Gasteiger partial charge < -0.3 is 19.2 Å². The molecule has 0 radical (unpaired) electrons. The Morgan fingerprint density at radius 3 is 2.26 bits per heavy atom. The molecule has 1 aromatic rings. The fourth-order valence-electron chi connectivity index (χ4n) is 1.70. The number of amides is 1. The fourth-order valence-corrected chi connectivity index (χ4v) is 1.70. The average molecular weight is 327 g/mol. The van der Waals surface area contributed by atoms with Crippen LogP contribution in [0.2, 0.25) is 0 Å². The molecule has 0 aliphatic rings. The quantitative estimate of drug-likeness (QED) is 0.848. The van der Waals surface area contributed by atoms with Crippen LogP contribution in [0.5, 0.6) is 0 Å². The maximum absolute atomic E-state index is 12.0. The zero-order chi connectivity index (χ0) is 17.8. The Hall–Kier alpha value is -2.12. The molecule has 8 heteroatoms. The molecule has 130 valence electrons. The number of aromatic nitrogens is 2. The molecule has 1 atom stereocenters. The Bertz CT molecular complexity index is 554. The summed E-state index contributed by atoms with van der Waals surface area (Å²) >= 11 is 0. The highest BCUT2D eigenvalue weighted by molar-refractivity contribution is 5.83. The average Bonchev–Trinajstić information content (AvgIpc) is 2.81. The number of hydrogen-bond acceptors (Lipinski definition) is 7. The van der Waals surface area contributed by atoms with E-state index < -0.39 is 29.1 Å². The van der Waals surface area contributed by atoms with Gasteiger partial charge in [0.05, 0.1) is 6.61 Å². The lowest BCUT2D eigenvalue weighted by Crippen LogP contribution is -2.40. The van der Waals surface area contributed by atoms with Gasteiger partial charge in [0.25, 0.3) is 0 Å². The molecule has 0 aliphatic carbocycles. The summed E-state index contributed by atoms with van der Waals surface area (Å²) in [5.74, 6) is -0.829. The minimum atomic E-state index is -0.698. The Morgan fingerprint density at radius 2 is 1.78 bits per heavy atom. The zero-order valence-electron chi connectivity index (χ0n) is 14.7. The smallest absolute Gasteiger partial charge is 0.408 e. The van der Waals surface area contributed by atoms with E-state index in [2.05, 4.69) is 15.5 Å². The standard InChI is InChI=1S/C15H25N3O5/c1-8-21-12(19)11-18-17-10(22-11)9(14(2,3)4)16-13(20)23-15(5,6)7/h9H,8H2,1-7H3,(H,16,20). The maximum Gasteiger partial charge on any atom is 0.408 e. The molecule has 0 aromatic carbocycles. The van der Waals surface area contributed by atoms with Crippen molar-refractivity contribution in [3.8, 4) is 0 Å². The highest BCUT2D eigenvalue weighted by Crippen LogP contribution is 2.32. The van der Waals surface area contributed by atoms with Crippen molar-refractivity contribution in [1.29, 1.82) is 0 Å². The minimum absolute atomic E-state index is 0.117. The SMILES string of the molecule is CCOC(=O)c1nnc(C(NC(=O)OC(C)(C)C)C(C)(C)C)o1. The summed E-state index contributed by atoms with van der Waals surface area (Å²) in [6.07, 6.45) is -0.603. The second kappa shape index (κ2) is 6.97. The normalized spacial score (nSPS) is 13.3. The van der Waals surface area contributed by atoms with Gasteiger partial charge in [-0.3, -0.25) is 0 Å². The lowest BCUT2D eigenvalue weighted by molar-refractivity contribution is 0.0439. The molecule has 0 saturated heterocycles. The third kappa shape index (κ3) is 5.88. The van der Waals surface area contributed by atoms with Gasteiger partial charge in [0.15, 0.2) is 0 Å². The van der Waals surface area contributed by atoms with E-state index >= 15 is 0 Å². The maximum atomic E-state index is 12.0. The van der Waals surface area contributed by atoms with E-state index in [0.29, 0.717) is 0 Å². The van der Waals surface area contributed by atoms with E-state index in [1.807, 2.05) is 20.8 Å². The number of carbonyl (C=O) groups excluding carboxylic acids is 2. The molecule has 1 N–H and O–H groups in total. The molecule has 1 heterocycles. The van der Waals surface area contributed by atoms with Crippen molar-refractivity contribution < 1.29 is 23.5 Å². The van der Waals surface area contributed by atoms with Crippen LogP contribution in [0.1, 0.15) is 71.1 Å². The van der Waals surface area contributed by atoms with Crippen LogP contribution in [0, 0.1) is 5.41 Å². The minimum Gasteiger partial charge on any atom is -0.459 e. The molecule has 1 unspecified atom stereocenters. The van der Waals surface area contributed by atoms with Gasteiger partial charge in [-0.15, -0.1) is 10.2 Å². The Labute approximate surface area is 135 Å². The lowest BCUT2D eigenvalue weighted by Gasteiger charge is -2.29. The van der Waals surface area contributed by atoms with Crippen LogP contribution in [0.3, 0.4) is 0 Å². The highest BCUT2D eigenvalue weighted by atomic mass is 16.6. The van der Waals surface area contributed by atoms with E-state index in [4.69, 9.17) is 13.9 Å². The molecule has 1 aromatic heterocycles. The summed E-state index contributed by atoms with van der Waals surface area (Å²) in [4.78, 5) is 23.6. The van der Waals surface area contributed by atoms with Crippen molar-refractivity contribution in [2.24, 2.45) is 5.41 Å². The van der Waals surface area contributed by atoms with E-state index in [-0.39, 0.29) is 18.4 Å². The number of nitrogens with zero attached hydrogens (tertiary/aromatic N) is 2. The molecule has 8 nitrogen and oxygen atoms in total. The second-order valence-electron chi connectivity index (χ2n) is 7.11. The van der Waals surface area contributed by atoms with Crippen LogP contribution < -0.4 is 5.32 Å². The number of alkyl carbamates (subject to hydrolysis) is 1. The first-order chi connectivity index (χ1) is 10.4. The van der Waals surface area contributed by atoms with Gasteiger partial charge in [-0.05, 0) is 33.1 Å². The number of nitrogens with one attached hydrogen (secondary N) is 1. The van der Waals surface area contributed by atoms with Crippen LogP contribution in [0.4, 0.5) is 4.79 Å². The summed E-state index contributed by atoms with van der Waals surface area (Å²) in [6, 6.07) is -0.618. The van der Waals surface area contributed by atoms with Gasteiger partial charge in [0.1, 0.15) is 11.6 Å². The van der Waals surface area contributed by atoms with E-state index in [0.717, 1.165) is 0 Å². The van der Waals surface area contributed by atoms with E-state index in [9.17, 15) is 9.59 Å². The van der Waals surface area contributed by atoms with Crippen molar-refractivity contribution in [2.45, 2.75) is 60.1 Å². The number of hydrogen-bond donors (Lipinski definition) is 1. The summed E-state index contributed by atoms with van der Waals surface area (Å²) < 4.78 is 15.4. The van der Waals surface area contributed by atoms with Crippen LogP contribution in [0.25, 0.3) is 0 Å². The molecule has 23 heavy (non-hydrogen) atoms. The third-order valence-electron chi connectivity index (χ3n) is 2.66. The molecular formula is C15H25N3O5. The lowest BCUT2D eigenvalue weighted by atomic mass is 9.87. The predicted octanol–water partition coefficient (Wildman–Crippen LogP) is 2.86. The number of esters is 1. The van der Waals surface area contributed by atoms with Crippen molar-refractivity contribution in [1.82, 2.24) is 15.5 Å². The number of rotatable bonds is 4. The van der Waals surface area contributed by atoms with Crippen LogP contribution >= 0.6 is 0 Å². The van der Waals surface area contributed by atoms with Crippen molar-refractivity contribution in [3.05, 3.63) is 11.8 Å². The predicted molar refractivity (Wildman–Crippen MR) is 81.8 cm³/mol. The van der Waals surface area contributed by atoms with Gasteiger partial charge in [0, 0.05) is 0 Å². The molecular weight excluding hydrogens is 302 g/mol. The Kier molecular flexibility index (Phi) is 5.74. The summed E-state index contributed by atoms with van der Waals surface area (Å²) in [5.41, 5.74) is -1.06. The van der Waals surface area contributed by atoms with Gasteiger partial charge in [0.2, 0.25) is 5.89 Å². The molecule has 0 spiro atoms.